The van der Waals surface area contributed by atoms with Gasteiger partial charge in [-0.05, 0) is 53.6 Å². The van der Waals surface area contributed by atoms with E-state index in [-0.39, 0.29) is 5.88 Å². The van der Waals surface area contributed by atoms with Crippen LogP contribution in [0.5, 0.6) is 5.75 Å². The standard InChI is InChI=1S/C37H29N3O7S3/c1-4-11-37(50(44,45)46)40-31-21-28-27-14-9-10-15-29(27)38(3)30(28)22-33(31)47-35(40)18-24(5-2)19-36-39(23-49(41,42)43)32-20-26(16-17-34(32)48-36)25-12-7-6-8-13-25/h6-10,12-22H,1,5,23H2,2-3H3,(H-,41,42,43,44,45,46)/p+1. The highest BCUT2D eigenvalue weighted by atomic mass is 32.2. The molecule has 0 spiro atoms. The van der Waals surface area contributed by atoms with Crippen LogP contribution in [0.2, 0.25) is 0 Å². The van der Waals surface area contributed by atoms with E-state index < -0.39 is 31.1 Å². The molecule has 0 radical (unpaired) electrons. The van der Waals surface area contributed by atoms with E-state index in [0.29, 0.717) is 34.0 Å². The average molecular weight is 725 g/mol. The Morgan fingerprint density at radius 1 is 0.940 bits per heavy atom. The van der Waals surface area contributed by atoms with Gasteiger partial charge < -0.3 is 9.30 Å². The van der Waals surface area contributed by atoms with E-state index in [1.165, 1.54) is 20.8 Å². The Morgan fingerprint density at radius 3 is 2.38 bits per heavy atom. The Bertz CT molecular complexity index is 2750. The third-order valence-corrected chi connectivity index (χ3v) is 10.9. The van der Waals surface area contributed by atoms with Crippen molar-refractivity contribution in [2.75, 3.05) is 4.90 Å². The number of hydrogen-bond donors (Lipinski definition) is 2. The molecule has 0 saturated heterocycles. The molecule has 0 amide bonds. The van der Waals surface area contributed by atoms with Crippen LogP contribution in [-0.2, 0) is 33.2 Å². The number of benzene rings is 4. The number of nitrogens with zero attached hydrogens (tertiary/aromatic N) is 3. The van der Waals surface area contributed by atoms with Gasteiger partial charge in [-0.2, -0.15) is 21.4 Å². The number of allylic oxidation sites excluding steroid dienone is 2. The first-order valence-electron chi connectivity index (χ1n) is 15.4. The van der Waals surface area contributed by atoms with Crippen molar-refractivity contribution in [1.29, 1.82) is 0 Å². The van der Waals surface area contributed by atoms with Crippen LogP contribution in [0.15, 0.2) is 126 Å². The van der Waals surface area contributed by atoms with Gasteiger partial charge in [-0.1, -0.05) is 78.6 Å². The SMILES string of the molecule is C=C=C=C(N1C(=CC(=Cc2sc3ccc(-c4ccccc4)cc3[n+]2CS(=O)(=O)O)CC)Oc2cc3c(cc21)c1ccccc1n3C)S(=O)(=O)O. The lowest BCUT2D eigenvalue weighted by Crippen LogP contribution is -2.39. The molecule has 0 atom stereocenters. The van der Waals surface area contributed by atoms with E-state index in [2.05, 4.69) is 18.0 Å². The number of hydrogen-bond acceptors (Lipinski definition) is 7. The number of fused-ring (bicyclic) bond motifs is 5. The lowest BCUT2D eigenvalue weighted by atomic mass is 10.1. The predicted molar refractivity (Wildman–Crippen MR) is 197 cm³/mol. The largest absolute Gasteiger partial charge is 0.438 e. The average Bonchev–Trinajstić information content (AvgIpc) is 3.69. The molecule has 0 unspecified atom stereocenters. The monoisotopic (exact) mass is 724 g/mol. The summed E-state index contributed by atoms with van der Waals surface area (Å²) >= 11 is 1.34. The molecule has 0 aliphatic carbocycles. The molecule has 50 heavy (non-hydrogen) atoms. The third kappa shape index (κ3) is 6.08. The lowest BCUT2D eigenvalue weighted by molar-refractivity contribution is -0.649. The number of anilines is 1. The fraction of sp³-hybridized carbons (Fsp3) is 0.108. The van der Waals surface area contributed by atoms with Crippen molar-refractivity contribution in [3.05, 3.63) is 131 Å². The Kier molecular flexibility index (Phi) is 8.37. The van der Waals surface area contributed by atoms with Crippen molar-refractivity contribution in [2.45, 2.75) is 19.2 Å². The fourth-order valence-corrected chi connectivity index (χ4v) is 8.63. The summed E-state index contributed by atoms with van der Waals surface area (Å²) in [5.41, 5.74) is 10.0. The zero-order valence-corrected chi connectivity index (χ0v) is 29.3. The minimum Gasteiger partial charge on any atom is -0.438 e. The zero-order chi connectivity index (χ0) is 35.4. The van der Waals surface area contributed by atoms with Crippen molar-refractivity contribution in [2.24, 2.45) is 7.05 Å². The van der Waals surface area contributed by atoms with Crippen LogP contribution >= 0.6 is 11.3 Å². The van der Waals surface area contributed by atoms with Gasteiger partial charge >= 0.3 is 20.2 Å². The van der Waals surface area contributed by atoms with Gasteiger partial charge in [0.1, 0.15) is 4.70 Å². The Balaban J connectivity index is 1.41. The molecule has 1 aliphatic heterocycles. The van der Waals surface area contributed by atoms with Gasteiger partial charge in [0.05, 0.1) is 11.2 Å². The molecule has 252 valence electrons. The minimum absolute atomic E-state index is 0.0527. The van der Waals surface area contributed by atoms with E-state index >= 15 is 0 Å². The van der Waals surface area contributed by atoms with Crippen LogP contribution < -0.4 is 14.2 Å². The second-order valence-electron chi connectivity index (χ2n) is 11.6. The maximum absolute atomic E-state index is 12.8. The highest BCUT2D eigenvalue weighted by molar-refractivity contribution is 7.90. The number of thiazole rings is 1. The summed E-state index contributed by atoms with van der Waals surface area (Å²) in [5.74, 6) is -0.287. The van der Waals surface area contributed by atoms with Crippen molar-refractivity contribution < 1.29 is 35.2 Å². The fourth-order valence-electron chi connectivity index (χ4n) is 6.20. The highest BCUT2D eigenvalue weighted by Crippen LogP contribution is 2.46. The van der Waals surface area contributed by atoms with E-state index in [9.17, 15) is 25.9 Å². The molecule has 13 heteroatoms. The summed E-state index contributed by atoms with van der Waals surface area (Å²) < 4.78 is 80.9. The van der Waals surface area contributed by atoms with Crippen molar-refractivity contribution in [1.82, 2.24) is 4.57 Å². The third-order valence-electron chi connectivity index (χ3n) is 8.47. The minimum atomic E-state index is -4.86. The van der Waals surface area contributed by atoms with Gasteiger partial charge in [-0.15, -0.1) is 0 Å². The maximum atomic E-state index is 12.8. The quantitative estimate of drug-likeness (QED) is 0.0936. The van der Waals surface area contributed by atoms with Crippen LogP contribution in [0.3, 0.4) is 0 Å². The Hall–Kier alpha value is -5.23. The molecule has 6 aromatic rings. The number of aromatic nitrogens is 2. The van der Waals surface area contributed by atoms with Gasteiger partial charge in [-0.25, -0.2) is 0 Å². The number of rotatable bonds is 8. The molecular formula is C37H30N3O7S3+. The van der Waals surface area contributed by atoms with E-state index in [4.69, 9.17) is 4.74 Å². The van der Waals surface area contributed by atoms with Gasteiger partial charge in [-0.3, -0.25) is 14.0 Å². The van der Waals surface area contributed by atoms with E-state index in [0.717, 1.165) is 37.6 Å². The van der Waals surface area contributed by atoms with Gasteiger partial charge in [0, 0.05) is 47.6 Å². The summed E-state index contributed by atoms with van der Waals surface area (Å²) in [6.07, 6.45) is 3.80. The van der Waals surface area contributed by atoms with Crippen molar-refractivity contribution >= 4 is 75.4 Å². The molecule has 0 fully saturated rings. The second-order valence-corrected chi connectivity index (χ2v) is 15.4. The Morgan fingerprint density at radius 2 is 1.68 bits per heavy atom. The first-order valence-corrected chi connectivity index (χ1v) is 19.2. The molecule has 4 aromatic carbocycles. The number of para-hydroxylation sites is 1. The lowest BCUT2D eigenvalue weighted by Gasteiger charge is -2.18. The maximum Gasteiger partial charge on any atom is 0.326 e. The van der Waals surface area contributed by atoms with Crippen LogP contribution in [0, 0.1) is 0 Å². The second kappa shape index (κ2) is 12.6. The van der Waals surface area contributed by atoms with Crippen molar-refractivity contribution in [3.63, 3.8) is 0 Å². The number of aryl methyl sites for hydroxylation is 1. The molecule has 3 heterocycles. The molecule has 2 aromatic heterocycles. The van der Waals surface area contributed by atoms with Crippen LogP contribution in [0.4, 0.5) is 5.69 Å². The van der Waals surface area contributed by atoms with Crippen LogP contribution in [0.25, 0.3) is 49.2 Å². The molecule has 1 aliphatic rings. The van der Waals surface area contributed by atoms with Crippen LogP contribution in [0.1, 0.15) is 18.4 Å². The summed E-state index contributed by atoms with van der Waals surface area (Å²) in [6.45, 7) is 5.36. The number of ether oxygens (including phenoxy) is 1. The molecule has 10 nitrogen and oxygen atoms in total. The summed E-state index contributed by atoms with van der Waals surface area (Å²) in [6, 6.07) is 26.8. The summed E-state index contributed by atoms with van der Waals surface area (Å²) in [5, 5.41) is 1.67. The van der Waals surface area contributed by atoms with E-state index in [1.54, 1.807) is 18.2 Å². The first-order chi connectivity index (χ1) is 23.9. The normalized spacial score (nSPS) is 14.3. The predicted octanol–water partition coefficient (Wildman–Crippen LogP) is 7.55. The molecule has 7 rings (SSSR count). The van der Waals surface area contributed by atoms with Gasteiger partial charge in [0.15, 0.2) is 5.75 Å². The zero-order valence-electron chi connectivity index (χ0n) is 26.9. The smallest absolute Gasteiger partial charge is 0.326 e. The van der Waals surface area contributed by atoms with Gasteiger partial charge in [0.25, 0.3) is 10.9 Å². The van der Waals surface area contributed by atoms with E-state index in [1.807, 2.05) is 97.4 Å². The topological polar surface area (TPSA) is 130 Å². The molecular weight excluding hydrogens is 695 g/mol. The molecule has 2 N–H and O–H groups in total. The van der Waals surface area contributed by atoms with Crippen molar-refractivity contribution in [3.8, 4) is 16.9 Å². The van der Waals surface area contributed by atoms with Gasteiger partial charge in [0.2, 0.25) is 16.4 Å². The molecule has 0 saturated carbocycles. The molecule has 0 bridgehead atoms. The highest BCUT2D eigenvalue weighted by Gasteiger charge is 2.36. The van der Waals surface area contributed by atoms with Crippen LogP contribution in [-0.4, -0.2) is 30.5 Å². The summed E-state index contributed by atoms with van der Waals surface area (Å²) in [7, 11) is -7.38. The summed E-state index contributed by atoms with van der Waals surface area (Å²) in [4.78, 5) is 1.25. The Labute approximate surface area is 292 Å². The first kappa shape index (κ1) is 33.3.